The normalized spacial score (nSPS) is 27.3. The van der Waals surface area contributed by atoms with Gasteiger partial charge in [0.1, 0.15) is 0 Å². The molecule has 2 rings (SSSR count). The molecule has 0 amide bonds. The molecule has 18 heavy (non-hydrogen) atoms. The van der Waals surface area contributed by atoms with Crippen molar-refractivity contribution in [3.63, 3.8) is 0 Å². The second-order valence-corrected chi connectivity index (χ2v) is 6.50. The minimum Gasteiger partial charge on any atom is -0.311 e. The number of aryl methyl sites for hydroxylation is 1. The molecule has 102 valence electrons. The average Bonchev–Trinajstić information content (AvgIpc) is 2.77. The van der Waals surface area contributed by atoms with E-state index < -0.39 is 0 Å². The predicted octanol–water partition coefficient (Wildman–Crippen LogP) is 3.26. The Kier molecular flexibility index (Phi) is 4.82. The first kappa shape index (κ1) is 14.0. The van der Waals surface area contributed by atoms with Gasteiger partial charge in [0.2, 0.25) is 0 Å². The van der Waals surface area contributed by atoms with Crippen molar-refractivity contribution < 1.29 is 0 Å². The van der Waals surface area contributed by atoms with Crippen LogP contribution in [-0.4, -0.2) is 30.1 Å². The van der Waals surface area contributed by atoms with Crippen LogP contribution in [0.2, 0.25) is 0 Å². The van der Waals surface area contributed by atoms with Crippen molar-refractivity contribution in [3.8, 4) is 0 Å². The van der Waals surface area contributed by atoms with Crippen molar-refractivity contribution in [2.24, 2.45) is 5.92 Å². The smallest absolute Gasteiger partial charge is 0.0248 e. The lowest BCUT2D eigenvalue weighted by molar-refractivity contribution is 0.112. The summed E-state index contributed by atoms with van der Waals surface area (Å²) in [5, 5.41) is 8.27. The summed E-state index contributed by atoms with van der Waals surface area (Å²) in [6.07, 6.45) is 1.26. The third-order valence-electron chi connectivity index (χ3n) is 4.40. The minimum atomic E-state index is 0.643. The Hall–Kier alpha value is -0.380. The highest BCUT2D eigenvalue weighted by molar-refractivity contribution is 7.08. The lowest BCUT2D eigenvalue weighted by Crippen LogP contribution is -2.56. The summed E-state index contributed by atoms with van der Waals surface area (Å²) in [4.78, 5) is 2.64. The van der Waals surface area contributed by atoms with Gasteiger partial charge < -0.3 is 5.32 Å². The first-order chi connectivity index (χ1) is 8.61. The number of thiophene rings is 1. The van der Waals surface area contributed by atoms with Gasteiger partial charge in [-0.05, 0) is 41.7 Å². The number of nitrogens with one attached hydrogen (secondary N) is 1. The van der Waals surface area contributed by atoms with Gasteiger partial charge in [-0.15, -0.1) is 0 Å². The Morgan fingerprint density at radius 1 is 1.50 bits per heavy atom. The van der Waals surface area contributed by atoms with Crippen molar-refractivity contribution in [2.45, 2.75) is 52.7 Å². The SMILES string of the molecule is CCC(C)C1CN(Cc2cscc2C)C(C)CN1. The fraction of sp³-hybridized carbons (Fsp3) is 0.733. The zero-order valence-electron chi connectivity index (χ0n) is 12.1. The van der Waals surface area contributed by atoms with E-state index in [9.17, 15) is 0 Å². The van der Waals surface area contributed by atoms with Crippen molar-refractivity contribution in [1.29, 1.82) is 0 Å². The first-order valence-corrected chi connectivity index (χ1v) is 8.05. The highest BCUT2D eigenvalue weighted by atomic mass is 32.1. The molecule has 1 aliphatic heterocycles. The minimum absolute atomic E-state index is 0.643. The van der Waals surface area contributed by atoms with E-state index >= 15 is 0 Å². The van der Waals surface area contributed by atoms with Crippen LogP contribution in [0.25, 0.3) is 0 Å². The van der Waals surface area contributed by atoms with Gasteiger partial charge in [0.05, 0.1) is 0 Å². The van der Waals surface area contributed by atoms with Gasteiger partial charge in [0, 0.05) is 31.7 Å². The molecule has 3 unspecified atom stereocenters. The van der Waals surface area contributed by atoms with Crippen LogP contribution in [-0.2, 0) is 6.54 Å². The maximum absolute atomic E-state index is 3.70. The molecule has 1 fully saturated rings. The van der Waals surface area contributed by atoms with Crippen LogP contribution in [0.3, 0.4) is 0 Å². The highest BCUT2D eigenvalue weighted by Crippen LogP contribution is 2.21. The van der Waals surface area contributed by atoms with Crippen molar-refractivity contribution in [3.05, 3.63) is 21.9 Å². The van der Waals surface area contributed by atoms with Crippen molar-refractivity contribution in [1.82, 2.24) is 10.2 Å². The molecule has 0 aromatic carbocycles. The van der Waals surface area contributed by atoms with E-state index in [4.69, 9.17) is 0 Å². The zero-order chi connectivity index (χ0) is 13.1. The summed E-state index contributed by atoms with van der Waals surface area (Å²) in [5.74, 6) is 0.767. The van der Waals surface area contributed by atoms with E-state index in [0.29, 0.717) is 12.1 Å². The maximum atomic E-state index is 3.70. The Balaban J connectivity index is 2.00. The van der Waals surface area contributed by atoms with Gasteiger partial charge in [-0.2, -0.15) is 11.3 Å². The standard InChI is InChI=1S/C15H26N2S/c1-5-11(2)15-8-17(13(4)6-16-15)7-14-10-18-9-12(14)3/h9-11,13,15-16H,5-8H2,1-4H3. The fourth-order valence-electron chi connectivity index (χ4n) is 2.60. The van der Waals surface area contributed by atoms with E-state index in [1.807, 2.05) is 11.3 Å². The van der Waals surface area contributed by atoms with Gasteiger partial charge in [-0.25, -0.2) is 0 Å². The molecule has 0 spiro atoms. The quantitative estimate of drug-likeness (QED) is 0.900. The van der Waals surface area contributed by atoms with E-state index in [-0.39, 0.29) is 0 Å². The Morgan fingerprint density at radius 3 is 2.89 bits per heavy atom. The lowest BCUT2D eigenvalue weighted by Gasteiger charge is -2.41. The summed E-state index contributed by atoms with van der Waals surface area (Å²) in [5.41, 5.74) is 2.96. The molecule has 0 bridgehead atoms. The third-order valence-corrected chi connectivity index (χ3v) is 5.31. The molecular weight excluding hydrogens is 240 g/mol. The summed E-state index contributed by atoms with van der Waals surface area (Å²) in [6, 6.07) is 1.30. The third kappa shape index (κ3) is 3.14. The molecular formula is C15H26N2S. The summed E-state index contributed by atoms with van der Waals surface area (Å²) in [6.45, 7) is 12.6. The predicted molar refractivity (Wildman–Crippen MR) is 80.2 cm³/mol. The van der Waals surface area contributed by atoms with Crippen LogP contribution in [0.1, 0.15) is 38.3 Å². The lowest BCUT2D eigenvalue weighted by atomic mass is 9.95. The first-order valence-electron chi connectivity index (χ1n) is 7.11. The van der Waals surface area contributed by atoms with Gasteiger partial charge >= 0.3 is 0 Å². The largest absolute Gasteiger partial charge is 0.311 e. The average molecular weight is 266 g/mol. The summed E-state index contributed by atoms with van der Waals surface area (Å²) in [7, 11) is 0. The second kappa shape index (κ2) is 6.18. The number of hydrogen-bond acceptors (Lipinski definition) is 3. The Morgan fingerprint density at radius 2 is 2.28 bits per heavy atom. The van der Waals surface area contributed by atoms with Crippen LogP contribution in [0.4, 0.5) is 0 Å². The van der Waals surface area contributed by atoms with Crippen molar-refractivity contribution in [2.75, 3.05) is 13.1 Å². The molecule has 3 heteroatoms. The summed E-state index contributed by atoms with van der Waals surface area (Å²) >= 11 is 1.83. The van der Waals surface area contributed by atoms with E-state index in [2.05, 4.69) is 48.7 Å². The van der Waals surface area contributed by atoms with Gasteiger partial charge in [-0.1, -0.05) is 20.3 Å². The van der Waals surface area contributed by atoms with Crippen LogP contribution in [0.5, 0.6) is 0 Å². The van der Waals surface area contributed by atoms with Crippen LogP contribution in [0, 0.1) is 12.8 Å². The van der Waals surface area contributed by atoms with Crippen LogP contribution < -0.4 is 5.32 Å². The van der Waals surface area contributed by atoms with Gasteiger partial charge in [0.25, 0.3) is 0 Å². The summed E-state index contributed by atoms with van der Waals surface area (Å²) < 4.78 is 0. The molecule has 1 aliphatic rings. The van der Waals surface area contributed by atoms with Crippen molar-refractivity contribution >= 4 is 11.3 Å². The number of rotatable bonds is 4. The number of nitrogens with zero attached hydrogens (tertiary/aromatic N) is 1. The molecule has 3 atom stereocenters. The monoisotopic (exact) mass is 266 g/mol. The molecule has 1 aromatic rings. The number of hydrogen-bond donors (Lipinski definition) is 1. The molecule has 1 saturated heterocycles. The molecule has 0 radical (unpaired) electrons. The van der Waals surface area contributed by atoms with Gasteiger partial charge in [-0.3, -0.25) is 4.90 Å². The van der Waals surface area contributed by atoms with Crippen LogP contribution in [0.15, 0.2) is 10.8 Å². The molecule has 1 N–H and O–H groups in total. The maximum Gasteiger partial charge on any atom is 0.0248 e. The van der Waals surface area contributed by atoms with E-state index in [1.165, 1.54) is 24.1 Å². The van der Waals surface area contributed by atoms with E-state index in [0.717, 1.165) is 19.0 Å². The van der Waals surface area contributed by atoms with Gasteiger partial charge in [0.15, 0.2) is 0 Å². The Labute approximate surface area is 115 Å². The molecule has 0 saturated carbocycles. The Bertz CT molecular complexity index is 374. The molecule has 1 aromatic heterocycles. The molecule has 2 nitrogen and oxygen atoms in total. The topological polar surface area (TPSA) is 15.3 Å². The van der Waals surface area contributed by atoms with Crippen LogP contribution >= 0.6 is 11.3 Å². The number of piperazine rings is 1. The second-order valence-electron chi connectivity index (χ2n) is 5.76. The molecule has 0 aliphatic carbocycles. The highest BCUT2D eigenvalue weighted by Gasteiger charge is 2.27. The zero-order valence-corrected chi connectivity index (χ0v) is 12.9. The fourth-order valence-corrected chi connectivity index (χ4v) is 3.45. The molecule has 2 heterocycles. The van der Waals surface area contributed by atoms with E-state index in [1.54, 1.807) is 0 Å².